The first-order valence-electron chi connectivity index (χ1n) is 7.90. The van der Waals surface area contributed by atoms with Gasteiger partial charge in [0, 0.05) is 13.1 Å². The molecule has 1 aromatic rings. The van der Waals surface area contributed by atoms with Crippen molar-refractivity contribution in [3.63, 3.8) is 0 Å². The number of rotatable bonds is 5. The summed E-state index contributed by atoms with van der Waals surface area (Å²) in [5, 5.41) is 3.33. The molecule has 1 aliphatic heterocycles. The van der Waals surface area contributed by atoms with Crippen LogP contribution in [0.25, 0.3) is 0 Å². The van der Waals surface area contributed by atoms with Gasteiger partial charge in [0.1, 0.15) is 5.82 Å². The van der Waals surface area contributed by atoms with Crippen LogP contribution in [0.1, 0.15) is 38.7 Å². The van der Waals surface area contributed by atoms with Gasteiger partial charge in [0.05, 0.1) is 6.04 Å². The van der Waals surface area contributed by atoms with Crippen LogP contribution < -0.4 is 5.32 Å². The van der Waals surface area contributed by atoms with Crippen molar-refractivity contribution in [2.24, 2.45) is 5.92 Å². The molecule has 1 fully saturated rings. The molecule has 0 radical (unpaired) electrons. The minimum Gasteiger partial charge on any atom is -0.337 e. The molecule has 1 aromatic carbocycles. The van der Waals surface area contributed by atoms with E-state index in [1.165, 1.54) is 12.1 Å². The number of nitrogens with zero attached hydrogens (tertiary/aromatic N) is 1. The Morgan fingerprint density at radius 2 is 2.24 bits per heavy atom. The van der Waals surface area contributed by atoms with Crippen molar-refractivity contribution >= 4 is 5.91 Å². The van der Waals surface area contributed by atoms with Crippen LogP contribution in [0.4, 0.5) is 4.39 Å². The van der Waals surface area contributed by atoms with Crippen LogP contribution in [0.2, 0.25) is 0 Å². The number of carbonyl (C=O) groups excluding carboxylic acids is 1. The summed E-state index contributed by atoms with van der Waals surface area (Å²) in [5.41, 5.74) is 0.841. The molecule has 0 aliphatic carbocycles. The number of nitrogens with one attached hydrogen (secondary N) is 1. The van der Waals surface area contributed by atoms with E-state index in [1.807, 2.05) is 17.9 Å². The molecule has 0 aromatic heterocycles. The van der Waals surface area contributed by atoms with Gasteiger partial charge in [0.2, 0.25) is 5.91 Å². The van der Waals surface area contributed by atoms with E-state index < -0.39 is 0 Å². The number of hydrogen-bond donors (Lipinski definition) is 1. The molecule has 1 saturated heterocycles. The molecule has 0 bridgehead atoms. The highest BCUT2D eigenvalue weighted by atomic mass is 19.1. The molecular formula is C17H25FN2O. The molecule has 1 heterocycles. The largest absolute Gasteiger partial charge is 0.337 e. The van der Waals surface area contributed by atoms with Crippen LogP contribution >= 0.6 is 0 Å². The van der Waals surface area contributed by atoms with Crippen molar-refractivity contribution in [2.75, 3.05) is 13.1 Å². The predicted octanol–water partition coefficient (Wildman–Crippen LogP) is 2.95. The SMILES string of the molecule is CCC1CCNC(C(=O)N(CC)Cc2cccc(F)c2)C1. The highest BCUT2D eigenvalue weighted by Crippen LogP contribution is 2.21. The van der Waals surface area contributed by atoms with E-state index >= 15 is 0 Å². The Balaban J connectivity index is 2.01. The van der Waals surface area contributed by atoms with Gasteiger partial charge in [-0.05, 0) is 49.9 Å². The first-order chi connectivity index (χ1) is 10.1. The summed E-state index contributed by atoms with van der Waals surface area (Å²) < 4.78 is 13.3. The molecule has 0 spiro atoms. The monoisotopic (exact) mass is 292 g/mol. The Morgan fingerprint density at radius 3 is 2.90 bits per heavy atom. The van der Waals surface area contributed by atoms with E-state index in [0.717, 1.165) is 31.4 Å². The van der Waals surface area contributed by atoms with Crippen molar-refractivity contribution in [3.8, 4) is 0 Å². The number of halogens is 1. The first kappa shape index (κ1) is 16.0. The van der Waals surface area contributed by atoms with Crippen LogP contribution in [-0.2, 0) is 11.3 Å². The lowest BCUT2D eigenvalue weighted by atomic mass is 9.90. The number of benzene rings is 1. The minimum absolute atomic E-state index is 0.0859. The fourth-order valence-corrected chi connectivity index (χ4v) is 2.98. The van der Waals surface area contributed by atoms with E-state index in [0.29, 0.717) is 19.0 Å². The maximum atomic E-state index is 13.3. The molecular weight excluding hydrogens is 267 g/mol. The second kappa shape index (κ2) is 7.55. The average Bonchev–Trinajstić information content (AvgIpc) is 2.52. The normalized spacial score (nSPS) is 22.0. The standard InChI is InChI=1S/C17H25FN2O/c1-3-13-8-9-19-16(11-13)17(21)20(4-2)12-14-6-5-7-15(18)10-14/h5-7,10,13,16,19H,3-4,8-9,11-12H2,1-2H3. The van der Waals surface area contributed by atoms with Crippen LogP contribution in [0.3, 0.4) is 0 Å². The quantitative estimate of drug-likeness (QED) is 0.905. The van der Waals surface area contributed by atoms with E-state index in [9.17, 15) is 9.18 Å². The highest BCUT2D eigenvalue weighted by Gasteiger charge is 2.28. The molecule has 1 N–H and O–H groups in total. The Bertz CT molecular complexity index is 478. The Hall–Kier alpha value is -1.42. The van der Waals surface area contributed by atoms with Crippen molar-refractivity contribution in [2.45, 2.75) is 45.7 Å². The van der Waals surface area contributed by atoms with Gasteiger partial charge >= 0.3 is 0 Å². The number of piperidine rings is 1. The third-order valence-corrected chi connectivity index (χ3v) is 4.34. The molecule has 0 saturated carbocycles. The summed E-state index contributed by atoms with van der Waals surface area (Å²) >= 11 is 0. The maximum absolute atomic E-state index is 13.3. The van der Waals surface area contributed by atoms with Gasteiger partial charge in [0.25, 0.3) is 0 Å². The lowest BCUT2D eigenvalue weighted by Gasteiger charge is -2.33. The molecule has 1 aliphatic rings. The second-order valence-corrected chi connectivity index (χ2v) is 5.79. The van der Waals surface area contributed by atoms with Gasteiger partial charge in [-0.3, -0.25) is 4.79 Å². The fourth-order valence-electron chi connectivity index (χ4n) is 2.98. The van der Waals surface area contributed by atoms with Crippen LogP contribution in [0.15, 0.2) is 24.3 Å². The molecule has 1 amide bonds. The minimum atomic E-state index is -0.252. The second-order valence-electron chi connectivity index (χ2n) is 5.79. The van der Waals surface area contributed by atoms with Gasteiger partial charge in [-0.1, -0.05) is 25.5 Å². The van der Waals surface area contributed by atoms with E-state index in [-0.39, 0.29) is 17.8 Å². The fraction of sp³-hybridized carbons (Fsp3) is 0.588. The highest BCUT2D eigenvalue weighted by molar-refractivity contribution is 5.82. The van der Waals surface area contributed by atoms with Gasteiger partial charge in [-0.25, -0.2) is 4.39 Å². The number of carbonyl (C=O) groups is 1. The zero-order chi connectivity index (χ0) is 15.2. The summed E-state index contributed by atoms with van der Waals surface area (Å²) in [5.74, 6) is 0.519. The van der Waals surface area contributed by atoms with E-state index in [1.54, 1.807) is 6.07 Å². The van der Waals surface area contributed by atoms with Gasteiger partial charge in [-0.2, -0.15) is 0 Å². The number of amides is 1. The van der Waals surface area contributed by atoms with Gasteiger partial charge < -0.3 is 10.2 Å². The van der Waals surface area contributed by atoms with Crippen LogP contribution in [0.5, 0.6) is 0 Å². The van der Waals surface area contributed by atoms with Crippen LogP contribution in [-0.4, -0.2) is 29.9 Å². The zero-order valence-electron chi connectivity index (χ0n) is 12.9. The molecule has 116 valence electrons. The molecule has 4 heteroatoms. The summed E-state index contributed by atoms with van der Waals surface area (Å²) in [6, 6.07) is 6.39. The zero-order valence-corrected chi connectivity index (χ0v) is 12.9. The van der Waals surface area contributed by atoms with Crippen molar-refractivity contribution < 1.29 is 9.18 Å². The number of hydrogen-bond acceptors (Lipinski definition) is 2. The first-order valence-corrected chi connectivity index (χ1v) is 7.90. The summed E-state index contributed by atoms with van der Waals surface area (Å²) in [7, 11) is 0. The lowest BCUT2D eigenvalue weighted by Crippen LogP contribution is -2.50. The van der Waals surface area contributed by atoms with E-state index in [4.69, 9.17) is 0 Å². The van der Waals surface area contributed by atoms with Gasteiger partial charge in [-0.15, -0.1) is 0 Å². The third kappa shape index (κ3) is 4.27. The molecule has 21 heavy (non-hydrogen) atoms. The molecule has 3 nitrogen and oxygen atoms in total. The van der Waals surface area contributed by atoms with E-state index in [2.05, 4.69) is 12.2 Å². The molecule has 2 rings (SSSR count). The van der Waals surface area contributed by atoms with Crippen molar-refractivity contribution in [3.05, 3.63) is 35.6 Å². The maximum Gasteiger partial charge on any atom is 0.240 e. The summed E-state index contributed by atoms with van der Waals surface area (Å²) in [6.45, 7) is 6.18. The van der Waals surface area contributed by atoms with Crippen molar-refractivity contribution in [1.82, 2.24) is 10.2 Å². The Labute approximate surface area is 126 Å². The number of likely N-dealkylation sites (N-methyl/N-ethyl adjacent to an activating group) is 1. The Kier molecular flexibility index (Phi) is 5.74. The topological polar surface area (TPSA) is 32.3 Å². The smallest absolute Gasteiger partial charge is 0.240 e. The summed E-state index contributed by atoms with van der Waals surface area (Å²) in [4.78, 5) is 14.5. The molecule has 2 unspecified atom stereocenters. The van der Waals surface area contributed by atoms with Gasteiger partial charge in [0.15, 0.2) is 0 Å². The van der Waals surface area contributed by atoms with Crippen LogP contribution in [0, 0.1) is 11.7 Å². The predicted molar refractivity (Wildman–Crippen MR) is 82.3 cm³/mol. The third-order valence-electron chi connectivity index (χ3n) is 4.34. The average molecular weight is 292 g/mol. The Morgan fingerprint density at radius 1 is 1.43 bits per heavy atom. The molecule has 2 atom stereocenters. The summed E-state index contributed by atoms with van der Waals surface area (Å²) in [6.07, 6.45) is 3.19. The lowest BCUT2D eigenvalue weighted by molar-refractivity contribution is -0.134. The van der Waals surface area contributed by atoms with Crippen molar-refractivity contribution in [1.29, 1.82) is 0 Å².